The van der Waals surface area contributed by atoms with Crippen molar-refractivity contribution in [2.24, 2.45) is 0 Å². The number of piperazine rings is 1. The van der Waals surface area contributed by atoms with Gasteiger partial charge in [0.25, 0.3) is 0 Å². The molecular formula is C15H24BrN3. The average molecular weight is 326 g/mol. The molecule has 1 aliphatic rings. The second-order valence-corrected chi connectivity index (χ2v) is 6.64. The zero-order valence-corrected chi connectivity index (χ0v) is 13.7. The molecule has 1 aliphatic heterocycles. The number of hydrogen-bond acceptors (Lipinski definition) is 3. The Hall–Kier alpha value is -0.450. The smallest absolute Gasteiger partial charge is 0.0410 e. The molecular weight excluding hydrogens is 302 g/mol. The lowest BCUT2D eigenvalue weighted by atomic mass is 9.91. The fourth-order valence-corrected chi connectivity index (χ4v) is 3.08. The molecule has 2 atom stereocenters. The maximum atomic E-state index is 4.27. The average Bonchev–Trinajstić information content (AvgIpc) is 2.41. The first-order valence-electron chi connectivity index (χ1n) is 7.15. The summed E-state index contributed by atoms with van der Waals surface area (Å²) in [5.74, 6) is 0. The summed E-state index contributed by atoms with van der Waals surface area (Å²) in [7, 11) is 0. The van der Waals surface area contributed by atoms with Crippen LogP contribution in [-0.4, -0.2) is 34.6 Å². The van der Waals surface area contributed by atoms with Gasteiger partial charge in [0, 0.05) is 48.1 Å². The molecule has 0 aliphatic carbocycles. The van der Waals surface area contributed by atoms with Crippen molar-refractivity contribution in [3.05, 3.63) is 28.5 Å². The van der Waals surface area contributed by atoms with Crippen LogP contribution >= 0.6 is 15.9 Å². The number of hydrogen-bond donors (Lipinski definition) is 1. The van der Waals surface area contributed by atoms with Gasteiger partial charge in [-0.25, -0.2) is 0 Å². The lowest BCUT2D eigenvalue weighted by Gasteiger charge is -2.48. The van der Waals surface area contributed by atoms with Gasteiger partial charge in [0.05, 0.1) is 0 Å². The van der Waals surface area contributed by atoms with E-state index in [0.717, 1.165) is 30.5 Å². The highest BCUT2D eigenvalue weighted by molar-refractivity contribution is 9.10. The lowest BCUT2D eigenvalue weighted by Crippen LogP contribution is -2.62. The summed E-state index contributed by atoms with van der Waals surface area (Å²) in [4.78, 5) is 6.89. The summed E-state index contributed by atoms with van der Waals surface area (Å²) < 4.78 is 1.06. The highest BCUT2D eigenvalue weighted by Gasteiger charge is 2.35. The quantitative estimate of drug-likeness (QED) is 0.921. The largest absolute Gasteiger partial charge is 0.311 e. The number of rotatable bonds is 4. The van der Waals surface area contributed by atoms with Gasteiger partial charge >= 0.3 is 0 Å². The Morgan fingerprint density at radius 1 is 1.47 bits per heavy atom. The van der Waals surface area contributed by atoms with Gasteiger partial charge in [0.1, 0.15) is 0 Å². The molecule has 0 aromatic carbocycles. The molecule has 1 aromatic heterocycles. The Balaban J connectivity index is 2.14. The molecule has 1 aromatic rings. The zero-order valence-electron chi connectivity index (χ0n) is 12.1. The van der Waals surface area contributed by atoms with E-state index in [9.17, 15) is 0 Å². The molecule has 19 heavy (non-hydrogen) atoms. The normalized spacial score (nSPS) is 28.5. The third-order valence-corrected chi connectivity index (χ3v) is 4.80. The molecule has 1 fully saturated rings. The Bertz CT molecular complexity index is 424. The van der Waals surface area contributed by atoms with Crippen molar-refractivity contribution in [1.82, 2.24) is 15.2 Å². The summed E-state index contributed by atoms with van der Waals surface area (Å²) in [6.45, 7) is 10.1. The summed E-state index contributed by atoms with van der Waals surface area (Å²) in [5, 5.41) is 3.67. The molecule has 1 saturated heterocycles. The Morgan fingerprint density at radius 3 is 2.89 bits per heavy atom. The van der Waals surface area contributed by atoms with Crippen LogP contribution in [0.3, 0.4) is 0 Å². The second kappa shape index (κ2) is 6.33. The summed E-state index contributed by atoms with van der Waals surface area (Å²) in [5.41, 5.74) is 1.53. The highest BCUT2D eigenvalue weighted by Crippen LogP contribution is 2.26. The van der Waals surface area contributed by atoms with Gasteiger partial charge in [-0.1, -0.05) is 13.8 Å². The zero-order chi connectivity index (χ0) is 13.9. The molecule has 2 unspecified atom stereocenters. The number of pyridine rings is 1. The van der Waals surface area contributed by atoms with E-state index < -0.39 is 0 Å². The Labute approximate surface area is 124 Å². The maximum Gasteiger partial charge on any atom is 0.0410 e. The van der Waals surface area contributed by atoms with Gasteiger partial charge in [-0.3, -0.25) is 9.88 Å². The van der Waals surface area contributed by atoms with E-state index in [4.69, 9.17) is 0 Å². The first-order valence-corrected chi connectivity index (χ1v) is 7.94. The van der Waals surface area contributed by atoms with Gasteiger partial charge < -0.3 is 5.32 Å². The highest BCUT2D eigenvalue weighted by atomic mass is 79.9. The lowest BCUT2D eigenvalue weighted by molar-refractivity contribution is 0.0407. The third-order valence-electron chi connectivity index (χ3n) is 4.37. The van der Waals surface area contributed by atoms with Crippen molar-refractivity contribution in [2.45, 2.75) is 51.7 Å². The molecule has 3 nitrogen and oxygen atoms in total. The minimum absolute atomic E-state index is 0.244. The van der Waals surface area contributed by atoms with Gasteiger partial charge in [-0.15, -0.1) is 0 Å². The van der Waals surface area contributed by atoms with Crippen molar-refractivity contribution in [3.63, 3.8) is 0 Å². The fourth-order valence-electron chi connectivity index (χ4n) is 2.67. The molecule has 4 heteroatoms. The Morgan fingerprint density at radius 2 is 2.26 bits per heavy atom. The number of nitrogens with zero attached hydrogens (tertiary/aromatic N) is 2. The first kappa shape index (κ1) is 14.9. The summed E-state index contributed by atoms with van der Waals surface area (Å²) >= 11 is 3.50. The predicted molar refractivity (Wildman–Crippen MR) is 83.1 cm³/mol. The molecule has 1 N–H and O–H groups in total. The van der Waals surface area contributed by atoms with Gasteiger partial charge in [-0.05, 0) is 47.3 Å². The number of halogens is 1. The van der Waals surface area contributed by atoms with Crippen LogP contribution in [0.4, 0.5) is 0 Å². The van der Waals surface area contributed by atoms with Crippen molar-refractivity contribution in [1.29, 1.82) is 0 Å². The van der Waals surface area contributed by atoms with Crippen molar-refractivity contribution < 1.29 is 0 Å². The van der Waals surface area contributed by atoms with Crippen LogP contribution in [0.5, 0.6) is 0 Å². The molecule has 2 rings (SSSR count). The van der Waals surface area contributed by atoms with Crippen molar-refractivity contribution >= 4 is 15.9 Å². The van der Waals surface area contributed by atoms with E-state index >= 15 is 0 Å². The van der Waals surface area contributed by atoms with E-state index in [1.54, 1.807) is 0 Å². The van der Waals surface area contributed by atoms with Crippen LogP contribution < -0.4 is 5.32 Å². The van der Waals surface area contributed by atoms with Gasteiger partial charge in [0.15, 0.2) is 0 Å². The monoisotopic (exact) mass is 325 g/mol. The predicted octanol–water partition coefficient (Wildman–Crippen LogP) is 3.20. The van der Waals surface area contributed by atoms with Crippen LogP contribution in [0.15, 0.2) is 22.9 Å². The molecule has 0 amide bonds. The minimum atomic E-state index is 0.244. The number of nitrogens with one attached hydrogen (secondary N) is 1. The van der Waals surface area contributed by atoms with E-state index in [1.807, 2.05) is 12.4 Å². The molecule has 106 valence electrons. The summed E-state index contributed by atoms with van der Waals surface area (Å²) in [6, 6.07) is 2.78. The molecule has 0 radical (unpaired) electrons. The van der Waals surface area contributed by atoms with Crippen LogP contribution in [0, 0.1) is 0 Å². The molecule has 2 heterocycles. The fraction of sp³-hybridized carbons (Fsp3) is 0.667. The van der Waals surface area contributed by atoms with Crippen LogP contribution in [0.25, 0.3) is 0 Å². The Kier molecular flexibility index (Phi) is 4.98. The molecule has 0 spiro atoms. The van der Waals surface area contributed by atoms with E-state index in [-0.39, 0.29) is 5.54 Å². The second-order valence-electron chi connectivity index (χ2n) is 5.73. The maximum absolute atomic E-state index is 4.27. The van der Waals surface area contributed by atoms with Gasteiger partial charge in [-0.2, -0.15) is 0 Å². The van der Waals surface area contributed by atoms with Crippen LogP contribution in [-0.2, 0) is 6.54 Å². The molecule has 0 saturated carbocycles. The first-order chi connectivity index (χ1) is 9.07. The van der Waals surface area contributed by atoms with E-state index in [0.29, 0.717) is 6.04 Å². The van der Waals surface area contributed by atoms with E-state index in [1.165, 1.54) is 12.0 Å². The van der Waals surface area contributed by atoms with Crippen molar-refractivity contribution in [3.8, 4) is 0 Å². The molecule has 0 bridgehead atoms. The SMILES string of the molecule is CCC1CN(Cc2cncc(Br)c2)C(C)(CC)CN1. The summed E-state index contributed by atoms with van der Waals surface area (Å²) in [6.07, 6.45) is 6.17. The van der Waals surface area contributed by atoms with E-state index in [2.05, 4.69) is 58.0 Å². The van der Waals surface area contributed by atoms with Crippen molar-refractivity contribution in [2.75, 3.05) is 13.1 Å². The topological polar surface area (TPSA) is 28.2 Å². The van der Waals surface area contributed by atoms with Crippen LogP contribution in [0.1, 0.15) is 39.2 Å². The van der Waals surface area contributed by atoms with Crippen LogP contribution in [0.2, 0.25) is 0 Å². The minimum Gasteiger partial charge on any atom is -0.311 e. The standard InChI is InChI=1S/C15H24BrN3/c1-4-14-10-19(15(3,5-2)11-18-14)9-12-6-13(16)8-17-7-12/h6-8,14,18H,4-5,9-11H2,1-3H3. The third kappa shape index (κ3) is 3.56. The number of aromatic nitrogens is 1. The van der Waals surface area contributed by atoms with Gasteiger partial charge in [0.2, 0.25) is 0 Å².